The van der Waals surface area contributed by atoms with Crippen LogP contribution in [0, 0.1) is 0 Å². The largest absolute Gasteiger partial charge is 0.495 e. The molecule has 0 aliphatic rings. The molecule has 0 spiro atoms. The van der Waals surface area contributed by atoms with Crippen LogP contribution in [-0.4, -0.2) is 35.0 Å². The number of anilines is 2. The Morgan fingerprint density at radius 1 is 1.46 bits per heavy atom. The minimum Gasteiger partial charge on any atom is -0.495 e. The van der Waals surface area contributed by atoms with E-state index in [-0.39, 0.29) is 11.2 Å². The van der Waals surface area contributed by atoms with Crippen LogP contribution in [0.15, 0.2) is 22.5 Å². The number of amides is 1. The van der Waals surface area contributed by atoms with Crippen molar-refractivity contribution in [1.29, 1.82) is 0 Å². The highest BCUT2D eigenvalue weighted by Crippen LogP contribution is 2.30. The second-order valence-electron chi connectivity index (χ2n) is 4.90. The SMILES string of the molecule is CCCNc1nnc(S[C@H](C)C(=O)Nc2ccc(OC)c(Cl)c2)s1. The number of carbonyl (C=O) groups excluding carboxylic acids is 1. The molecule has 2 N–H and O–H groups in total. The highest BCUT2D eigenvalue weighted by Gasteiger charge is 2.17. The first-order valence-corrected chi connectivity index (χ1v) is 9.49. The van der Waals surface area contributed by atoms with Crippen LogP contribution >= 0.6 is 34.7 Å². The Labute approximate surface area is 154 Å². The Morgan fingerprint density at radius 3 is 2.92 bits per heavy atom. The van der Waals surface area contributed by atoms with Gasteiger partial charge in [-0.05, 0) is 31.5 Å². The third kappa shape index (κ3) is 5.25. The predicted molar refractivity (Wildman–Crippen MR) is 101 cm³/mol. The van der Waals surface area contributed by atoms with E-state index in [1.165, 1.54) is 23.1 Å². The van der Waals surface area contributed by atoms with Gasteiger partial charge < -0.3 is 15.4 Å². The van der Waals surface area contributed by atoms with Crippen molar-refractivity contribution in [1.82, 2.24) is 10.2 Å². The molecule has 0 unspecified atom stereocenters. The molecule has 1 atom stereocenters. The third-order valence-corrected chi connectivity index (χ3v) is 5.36. The van der Waals surface area contributed by atoms with E-state index in [9.17, 15) is 4.79 Å². The van der Waals surface area contributed by atoms with Crippen molar-refractivity contribution in [3.8, 4) is 5.75 Å². The number of halogens is 1. The zero-order valence-corrected chi connectivity index (χ0v) is 16.0. The lowest BCUT2D eigenvalue weighted by Gasteiger charge is -2.11. The third-order valence-electron chi connectivity index (χ3n) is 3.00. The Bertz CT molecular complexity index is 696. The van der Waals surface area contributed by atoms with Crippen LogP contribution < -0.4 is 15.4 Å². The number of nitrogens with zero attached hydrogens (tertiary/aromatic N) is 2. The number of rotatable bonds is 8. The van der Waals surface area contributed by atoms with Gasteiger partial charge in [-0.15, -0.1) is 10.2 Å². The maximum atomic E-state index is 12.3. The Balaban J connectivity index is 1.92. The van der Waals surface area contributed by atoms with E-state index in [0.29, 0.717) is 16.5 Å². The topological polar surface area (TPSA) is 76.1 Å². The zero-order valence-electron chi connectivity index (χ0n) is 13.6. The number of aromatic nitrogens is 2. The molecule has 130 valence electrons. The number of nitrogens with one attached hydrogen (secondary N) is 2. The molecule has 0 aliphatic carbocycles. The van der Waals surface area contributed by atoms with Gasteiger partial charge in [0.05, 0.1) is 17.4 Å². The van der Waals surface area contributed by atoms with Gasteiger partial charge in [0.2, 0.25) is 11.0 Å². The van der Waals surface area contributed by atoms with E-state index in [0.717, 1.165) is 22.4 Å². The first kappa shape index (κ1) is 18.8. The Morgan fingerprint density at radius 2 is 2.25 bits per heavy atom. The van der Waals surface area contributed by atoms with Gasteiger partial charge in [-0.2, -0.15) is 0 Å². The normalized spacial score (nSPS) is 11.8. The van der Waals surface area contributed by atoms with Crippen molar-refractivity contribution in [2.75, 3.05) is 24.3 Å². The molecule has 1 amide bonds. The van der Waals surface area contributed by atoms with E-state index in [4.69, 9.17) is 16.3 Å². The molecule has 1 aromatic carbocycles. The molecule has 2 aromatic rings. The van der Waals surface area contributed by atoms with Gasteiger partial charge in [0.15, 0.2) is 4.34 Å². The van der Waals surface area contributed by atoms with Gasteiger partial charge in [-0.1, -0.05) is 41.6 Å². The summed E-state index contributed by atoms with van der Waals surface area (Å²) in [6.45, 7) is 4.76. The summed E-state index contributed by atoms with van der Waals surface area (Å²) in [6.07, 6.45) is 1.02. The summed E-state index contributed by atoms with van der Waals surface area (Å²) in [5, 5.41) is 15.1. The molecule has 1 heterocycles. The van der Waals surface area contributed by atoms with E-state index in [1.807, 2.05) is 6.92 Å². The first-order valence-electron chi connectivity index (χ1n) is 7.42. The number of hydrogen-bond acceptors (Lipinski definition) is 7. The minimum atomic E-state index is -0.308. The molecule has 2 rings (SSSR count). The number of methoxy groups -OCH3 is 1. The average molecular weight is 387 g/mol. The maximum Gasteiger partial charge on any atom is 0.237 e. The van der Waals surface area contributed by atoms with Crippen LogP contribution in [0.5, 0.6) is 5.75 Å². The quantitative estimate of drug-likeness (QED) is 0.664. The lowest BCUT2D eigenvalue weighted by Crippen LogP contribution is -2.22. The first-order chi connectivity index (χ1) is 11.5. The summed E-state index contributed by atoms with van der Waals surface area (Å²) in [6, 6.07) is 5.12. The zero-order chi connectivity index (χ0) is 17.5. The van der Waals surface area contributed by atoms with Gasteiger partial charge >= 0.3 is 0 Å². The number of ether oxygens (including phenoxy) is 1. The average Bonchev–Trinajstić information content (AvgIpc) is 3.00. The standard InChI is InChI=1S/C15H19ClN4O2S2/c1-4-7-17-14-19-20-15(24-14)23-9(2)13(21)18-10-5-6-12(22-3)11(16)8-10/h5-6,8-9H,4,7H2,1-3H3,(H,17,19)(H,18,21)/t9-/m1/s1. The molecular weight excluding hydrogens is 368 g/mol. The van der Waals surface area contributed by atoms with Crippen LogP contribution in [-0.2, 0) is 4.79 Å². The van der Waals surface area contributed by atoms with Crippen molar-refractivity contribution in [3.05, 3.63) is 23.2 Å². The molecular formula is C15H19ClN4O2S2. The summed E-state index contributed by atoms with van der Waals surface area (Å²) >= 11 is 8.88. The van der Waals surface area contributed by atoms with Crippen molar-refractivity contribution < 1.29 is 9.53 Å². The molecule has 9 heteroatoms. The van der Waals surface area contributed by atoms with Crippen LogP contribution in [0.4, 0.5) is 10.8 Å². The van der Waals surface area contributed by atoms with Crippen molar-refractivity contribution in [2.24, 2.45) is 0 Å². The monoisotopic (exact) mass is 386 g/mol. The fourth-order valence-corrected chi connectivity index (χ4v) is 3.93. The van der Waals surface area contributed by atoms with Crippen molar-refractivity contribution in [2.45, 2.75) is 29.9 Å². The number of hydrogen-bond donors (Lipinski definition) is 2. The maximum absolute atomic E-state index is 12.3. The minimum absolute atomic E-state index is 0.125. The van der Waals surface area contributed by atoms with Gasteiger partial charge in [-0.3, -0.25) is 4.79 Å². The van der Waals surface area contributed by atoms with Crippen LogP contribution in [0.3, 0.4) is 0 Å². The number of benzene rings is 1. The molecule has 0 aliphatic heterocycles. The number of carbonyl (C=O) groups is 1. The van der Waals surface area contributed by atoms with Crippen LogP contribution in [0.25, 0.3) is 0 Å². The number of thioether (sulfide) groups is 1. The van der Waals surface area contributed by atoms with Gasteiger partial charge in [0.1, 0.15) is 5.75 Å². The second kappa shape index (κ2) is 9.10. The summed E-state index contributed by atoms with van der Waals surface area (Å²) < 4.78 is 5.85. The van der Waals surface area contributed by atoms with E-state index in [2.05, 4.69) is 27.8 Å². The van der Waals surface area contributed by atoms with Crippen LogP contribution in [0.1, 0.15) is 20.3 Å². The van der Waals surface area contributed by atoms with Gasteiger partial charge in [-0.25, -0.2) is 0 Å². The van der Waals surface area contributed by atoms with Gasteiger partial charge in [0.25, 0.3) is 0 Å². The second-order valence-corrected chi connectivity index (χ2v) is 7.87. The smallest absolute Gasteiger partial charge is 0.237 e. The summed E-state index contributed by atoms with van der Waals surface area (Å²) in [7, 11) is 1.55. The van der Waals surface area contributed by atoms with Gasteiger partial charge in [0, 0.05) is 12.2 Å². The summed E-state index contributed by atoms with van der Waals surface area (Å²) in [5.74, 6) is 0.442. The van der Waals surface area contributed by atoms with Crippen molar-refractivity contribution >= 4 is 51.4 Å². The van der Waals surface area contributed by atoms with Crippen LogP contribution in [0.2, 0.25) is 5.02 Å². The van der Waals surface area contributed by atoms with E-state index < -0.39 is 0 Å². The molecule has 24 heavy (non-hydrogen) atoms. The predicted octanol–water partition coefficient (Wildman–Crippen LogP) is 4.14. The fraction of sp³-hybridized carbons (Fsp3) is 0.400. The Hall–Kier alpha value is -1.51. The molecule has 0 fully saturated rings. The van der Waals surface area contributed by atoms with Crippen molar-refractivity contribution in [3.63, 3.8) is 0 Å². The van der Waals surface area contributed by atoms with E-state index >= 15 is 0 Å². The molecule has 1 aromatic heterocycles. The van der Waals surface area contributed by atoms with E-state index in [1.54, 1.807) is 25.3 Å². The molecule has 0 saturated heterocycles. The molecule has 6 nitrogen and oxygen atoms in total. The lowest BCUT2D eigenvalue weighted by molar-refractivity contribution is -0.115. The Kier molecular flexibility index (Phi) is 7.14. The fourth-order valence-electron chi connectivity index (χ4n) is 1.75. The lowest BCUT2D eigenvalue weighted by atomic mass is 10.3. The summed E-state index contributed by atoms with van der Waals surface area (Å²) in [4.78, 5) is 12.3. The molecule has 0 bridgehead atoms. The molecule has 0 saturated carbocycles. The highest BCUT2D eigenvalue weighted by molar-refractivity contribution is 8.02. The molecule has 0 radical (unpaired) electrons. The highest BCUT2D eigenvalue weighted by atomic mass is 35.5. The summed E-state index contributed by atoms with van der Waals surface area (Å²) in [5.41, 5.74) is 0.626.